The summed E-state index contributed by atoms with van der Waals surface area (Å²) in [6.45, 7) is 10.6. The zero-order valence-corrected chi connectivity index (χ0v) is 20.6. The van der Waals surface area contributed by atoms with Gasteiger partial charge in [-0.2, -0.15) is 0 Å². The predicted molar refractivity (Wildman–Crippen MR) is 133 cm³/mol. The van der Waals surface area contributed by atoms with Crippen LogP contribution in [0.4, 0.5) is 5.69 Å². The number of hydrogen-bond donors (Lipinski definition) is 2. The van der Waals surface area contributed by atoms with Crippen LogP contribution in [-0.4, -0.2) is 32.3 Å². The smallest absolute Gasteiger partial charge is 0.252 e. The second-order valence-corrected chi connectivity index (χ2v) is 9.12. The first kappa shape index (κ1) is 24.5. The molecule has 0 bridgehead atoms. The van der Waals surface area contributed by atoms with E-state index in [1.165, 1.54) is 11.8 Å². The number of carbonyl (C=O) groups is 2. The van der Waals surface area contributed by atoms with Crippen LogP contribution in [0.15, 0.2) is 53.7 Å². The highest BCUT2D eigenvalue weighted by molar-refractivity contribution is 7.99. The van der Waals surface area contributed by atoms with Gasteiger partial charge in [0.05, 0.1) is 11.8 Å². The highest BCUT2D eigenvalue weighted by atomic mass is 32.2. The Labute approximate surface area is 199 Å². The number of amides is 2. The quantitative estimate of drug-likeness (QED) is 0.437. The number of thioether (sulfide) groups is 1. The number of rotatable bonds is 9. The molecule has 0 unspecified atom stereocenters. The van der Waals surface area contributed by atoms with Crippen molar-refractivity contribution in [3.63, 3.8) is 0 Å². The van der Waals surface area contributed by atoms with Gasteiger partial charge in [0, 0.05) is 17.8 Å². The monoisotopic (exact) mass is 465 g/mol. The van der Waals surface area contributed by atoms with E-state index in [4.69, 9.17) is 0 Å². The third kappa shape index (κ3) is 6.01. The SMILES string of the molecule is CCn1c(SCC(=O)Nc2ccccc2C(C)C)nnc1[C@@H](C)NC(=O)c1ccccc1C. The van der Waals surface area contributed by atoms with Gasteiger partial charge < -0.3 is 15.2 Å². The molecule has 0 spiro atoms. The van der Waals surface area contributed by atoms with E-state index < -0.39 is 0 Å². The van der Waals surface area contributed by atoms with E-state index in [-0.39, 0.29) is 23.6 Å². The van der Waals surface area contributed by atoms with Gasteiger partial charge in [0.15, 0.2) is 11.0 Å². The molecule has 0 aliphatic heterocycles. The summed E-state index contributed by atoms with van der Waals surface area (Å²) in [6, 6.07) is 15.0. The van der Waals surface area contributed by atoms with Crippen LogP contribution in [0, 0.1) is 6.92 Å². The molecule has 0 saturated carbocycles. The zero-order valence-electron chi connectivity index (χ0n) is 19.8. The zero-order chi connectivity index (χ0) is 24.0. The minimum absolute atomic E-state index is 0.0961. The average molecular weight is 466 g/mol. The van der Waals surface area contributed by atoms with Gasteiger partial charge in [-0.1, -0.05) is 62.0 Å². The molecule has 8 heteroatoms. The molecule has 0 radical (unpaired) electrons. The van der Waals surface area contributed by atoms with E-state index in [1.807, 2.05) is 67.8 Å². The normalized spacial score (nSPS) is 11.9. The van der Waals surface area contributed by atoms with Crippen molar-refractivity contribution in [1.29, 1.82) is 0 Å². The summed E-state index contributed by atoms with van der Waals surface area (Å²) in [6.07, 6.45) is 0. The van der Waals surface area contributed by atoms with Crippen molar-refractivity contribution in [3.05, 3.63) is 71.0 Å². The van der Waals surface area contributed by atoms with Crippen molar-refractivity contribution in [1.82, 2.24) is 20.1 Å². The van der Waals surface area contributed by atoms with E-state index >= 15 is 0 Å². The molecule has 3 aromatic rings. The Morgan fingerprint density at radius 2 is 1.73 bits per heavy atom. The lowest BCUT2D eigenvalue weighted by Crippen LogP contribution is -2.29. The molecule has 1 atom stereocenters. The van der Waals surface area contributed by atoms with Gasteiger partial charge in [0.1, 0.15) is 0 Å². The molecule has 0 saturated heterocycles. The van der Waals surface area contributed by atoms with Crippen LogP contribution >= 0.6 is 11.8 Å². The predicted octanol–water partition coefficient (Wildman–Crippen LogP) is 4.95. The maximum Gasteiger partial charge on any atom is 0.252 e. The van der Waals surface area contributed by atoms with Crippen LogP contribution in [0.3, 0.4) is 0 Å². The van der Waals surface area contributed by atoms with Gasteiger partial charge in [-0.25, -0.2) is 0 Å². The number of para-hydroxylation sites is 1. The first-order valence-corrected chi connectivity index (χ1v) is 12.1. The molecule has 33 heavy (non-hydrogen) atoms. The summed E-state index contributed by atoms with van der Waals surface area (Å²) in [4.78, 5) is 25.3. The summed E-state index contributed by atoms with van der Waals surface area (Å²) < 4.78 is 1.93. The largest absolute Gasteiger partial charge is 0.342 e. The van der Waals surface area contributed by atoms with Gasteiger partial charge in [-0.15, -0.1) is 10.2 Å². The van der Waals surface area contributed by atoms with Crippen LogP contribution < -0.4 is 10.6 Å². The molecule has 174 valence electrons. The first-order chi connectivity index (χ1) is 15.8. The Kier molecular flexibility index (Phi) is 8.27. The molecular weight excluding hydrogens is 434 g/mol. The van der Waals surface area contributed by atoms with Crippen LogP contribution in [0.5, 0.6) is 0 Å². The van der Waals surface area contributed by atoms with Crippen LogP contribution in [-0.2, 0) is 11.3 Å². The summed E-state index contributed by atoms with van der Waals surface area (Å²) in [5.41, 5.74) is 3.50. The number of nitrogens with zero attached hydrogens (tertiary/aromatic N) is 3. The third-order valence-corrected chi connectivity index (χ3v) is 6.34. The molecule has 2 N–H and O–H groups in total. The van der Waals surface area contributed by atoms with E-state index in [0.717, 1.165) is 16.8 Å². The van der Waals surface area contributed by atoms with Gasteiger partial charge in [-0.05, 0) is 49.9 Å². The highest BCUT2D eigenvalue weighted by Gasteiger charge is 2.21. The summed E-state index contributed by atoms with van der Waals surface area (Å²) >= 11 is 1.33. The second kappa shape index (κ2) is 11.1. The Morgan fingerprint density at radius 3 is 2.42 bits per heavy atom. The Balaban J connectivity index is 1.65. The standard InChI is InChI=1S/C25H31N5O2S/c1-6-30-23(18(5)26-24(32)20-13-8-7-11-17(20)4)28-29-25(30)33-15-22(31)27-21-14-10-9-12-19(21)16(2)3/h7-14,16,18H,6,15H2,1-5H3,(H,26,32)(H,27,31)/t18-/m1/s1. The minimum atomic E-state index is -0.328. The lowest BCUT2D eigenvalue weighted by molar-refractivity contribution is -0.113. The van der Waals surface area contributed by atoms with Crippen LogP contribution in [0.1, 0.15) is 67.0 Å². The summed E-state index contributed by atoms with van der Waals surface area (Å²) in [7, 11) is 0. The van der Waals surface area contributed by atoms with Gasteiger partial charge in [-0.3, -0.25) is 9.59 Å². The number of nitrogens with one attached hydrogen (secondary N) is 2. The molecule has 1 aromatic heterocycles. The summed E-state index contributed by atoms with van der Waals surface area (Å²) in [5, 5.41) is 15.2. The molecule has 0 aliphatic carbocycles. The van der Waals surface area contributed by atoms with E-state index in [2.05, 4.69) is 34.7 Å². The summed E-state index contributed by atoms with van der Waals surface area (Å²) in [5.74, 6) is 0.947. The molecule has 2 aromatic carbocycles. The Bertz CT molecular complexity index is 1130. The van der Waals surface area contributed by atoms with Crippen molar-refractivity contribution in [3.8, 4) is 0 Å². The van der Waals surface area contributed by atoms with E-state index in [9.17, 15) is 9.59 Å². The van der Waals surface area contributed by atoms with Crippen molar-refractivity contribution in [2.45, 2.75) is 58.3 Å². The first-order valence-electron chi connectivity index (χ1n) is 11.1. The van der Waals surface area contributed by atoms with E-state index in [1.54, 1.807) is 6.07 Å². The topological polar surface area (TPSA) is 88.9 Å². The van der Waals surface area contributed by atoms with Gasteiger partial charge in [0.2, 0.25) is 5.91 Å². The number of hydrogen-bond acceptors (Lipinski definition) is 5. The maximum absolute atomic E-state index is 12.7. The Hall–Kier alpha value is -3.13. The van der Waals surface area contributed by atoms with Gasteiger partial charge in [0.25, 0.3) is 5.91 Å². The second-order valence-electron chi connectivity index (χ2n) is 8.17. The lowest BCUT2D eigenvalue weighted by Gasteiger charge is -2.16. The number of benzene rings is 2. The van der Waals surface area contributed by atoms with Crippen molar-refractivity contribution in [2.24, 2.45) is 0 Å². The molecule has 0 aliphatic rings. The van der Waals surface area contributed by atoms with Gasteiger partial charge >= 0.3 is 0 Å². The fraction of sp³-hybridized carbons (Fsp3) is 0.360. The van der Waals surface area contributed by atoms with Crippen LogP contribution in [0.25, 0.3) is 0 Å². The molecule has 2 amide bonds. The fourth-order valence-electron chi connectivity index (χ4n) is 3.62. The molecular formula is C25H31N5O2S. The number of aromatic nitrogens is 3. The highest BCUT2D eigenvalue weighted by Crippen LogP contribution is 2.25. The molecule has 3 rings (SSSR count). The lowest BCUT2D eigenvalue weighted by atomic mass is 10.0. The van der Waals surface area contributed by atoms with Crippen molar-refractivity contribution >= 4 is 29.3 Å². The number of aryl methyl sites for hydroxylation is 1. The fourth-order valence-corrected chi connectivity index (χ4v) is 4.43. The van der Waals surface area contributed by atoms with Crippen molar-refractivity contribution in [2.75, 3.05) is 11.1 Å². The maximum atomic E-state index is 12.7. The number of carbonyl (C=O) groups excluding carboxylic acids is 2. The van der Waals surface area contributed by atoms with Crippen LogP contribution in [0.2, 0.25) is 0 Å². The third-order valence-electron chi connectivity index (χ3n) is 5.38. The molecule has 7 nitrogen and oxygen atoms in total. The van der Waals surface area contributed by atoms with E-state index in [0.29, 0.717) is 29.0 Å². The molecule has 1 heterocycles. The number of anilines is 1. The van der Waals surface area contributed by atoms with Crippen molar-refractivity contribution < 1.29 is 9.59 Å². The average Bonchev–Trinajstić information content (AvgIpc) is 3.21. The minimum Gasteiger partial charge on any atom is -0.342 e. The Morgan fingerprint density at radius 1 is 1.03 bits per heavy atom. The molecule has 0 fully saturated rings.